The molecule has 1 aromatic rings. The molecule has 0 aliphatic carbocycles. The van der Waals surface area contributed by atoms with Gasteiger partial charge >= 0.3 is 0 Å². The van der Waals surface area contributed by atoms with E-state index in [9.17, 15) is 0 Å². The van der Waals surface area contributed by atoms with Gasteiger partial charge in [-0.1, -0.05) is 0 Å². The number of aliphatic hydroxyl groups is 1. The van der Waals surface area contributed by atoms with Crippen molar-refractivity contribution in [2.45, 2.75) is 18.9 Å². The van der Waals surface area contributed by atoms with E-state index in [-0.39, 0.29) is 6.61 Å². The SMILES string of the molecule is OCc1cc(C2CCNC2)n[nH]1. The zero-order valence-corrected chi connectivity index (χ0v) is 6.88. The van der Waals surface area contributed by atoms with Gasteiger partial charge in [0.25, 0.3) is 0 Å². The number of nitrogens with one attached hydrogen (secondary N) is 2. The third kappa shape index (κ3) is 1.35. The molecule has 0 saturated carbocycles. The molecule has 12 heavy (non-hydrogen) atoms. The van der Waals surface area contributed by atoms with Gasteiger partial charge in [0.15, 0.2) is 0 Å². The smallest absolute Gasteiger partial charge is 0.0847 e. The van der Waals surface area contributed by atoms with E-state index in [0.29, 0.717) is 5.92 Å². The van der Waals surface area contributed by atoms with E-state index in [1.165, 1.54) is 0 Å². The minimum Gasteiger partial charge on any atom is -0.390 e. The Hall–Kier alpha value is -0.870. The fourth-order valence-electron chi connectivity index (χ4n) is 1.58. The van der Waals surface area contributed by atoms with Gasteiger partial charge in [-0.3, -0.25) is 5.10 Å². The largest absolute Gasteiger partial charge is 0.390 e. The van der Waals surface area contributed by atoms with Crippen LogP contribution < -0.4 is 5.32 Å². The number of hydrogen-bond donors (Lipinski definition) is 3. The Kier molecular flexibility index (Phi) is 2.10. The molecule has 1 unspecified atom stereocenters. The second-order valence-corrected chi connectivity index (χ2v) is 3.17. The Balaban J connectivity index is 2.11. The topological polar surface area (TPSA) is 60.9 Å². The summed E-state index contributed by atoms with van der Waals surface area (Å²) in [7, 11) is 0. The molecule has 0 bridgehead atoms. The van der Waals surface area contributed by atoms with E-state index >= 15 is 0 Å². The van der Waals surface area contributed by atoms with Gasteiger partial charge in [0.1, 0.15) is 0 Å². The molecule has 1 aliphatic rings. The molecule has 0 spiro atoms. The highest BCUT2D eigenvalue weighted by atomic mass is 16.3. The van der Waals surface area contributed by atoms with Crippen LogP contribution in [-0.4, -0.2) is 28.4 Å². The van der Waals surface area contributed by atoms with Gasteiger partial charge in [0.2, 0.25) is 0 Å². The number of aromatic amines is 1. The Morgan fingerprint density at radius 1 is 1.67 bits per heavy atom. The maximum Gasteiger partial charge on any atom is 0.0847 e. The molecular weight excluding hydrogens is 154 g/mol. The Morgan fingerprint density at radius 2 is 2.58 bits per heavy atom. The number of hydrogen-bond acceptors (Lipinski definition) is 3. The molecule has 0 amide bonds. The first-order valence-electron chi connectivity index (χ1n) is 4.26. The normalized spacial score (nSPS) is 23.2. The molecule has 1 saturated heterocycles. The van der Waals surface area contributed by atoms with Crippen LogP contribution in [0.4, 0.5) is 0 Å². The van der Waals surface area contributed by atoms with Gasteiger partial charge in [-0.05, 0) is 19.0 Å². The van der Waals surface area contributed by atoms with E-state index in [0.717, 1.165) is 30.9 Å². The van der Waals surface area contributed by atoms with E-state index in [2.05, 4.69) is 15.5 Å². The molecule has 0 aromatic carbocycles. The van der Waals surface area contributed by atoms with Gasteiger partial charge in [0.05, 0.1) is 18.0 Å². The molecule has 2 heterocycles. The molecule has 2 rings (SSSR count). The van der Waals surface area contributed by atoms with Crippen molar-refractivity contribution in [1.82, 2.24) is 15.5 Å². The lowest BCUT2D eigenvalue weighted by atomic mass is 10.1. The Labute approximate surface area is 71.0 Å². The van der Waals surface area contributed by atoms with Crippen LogP contribution in [0.15, 0.2) is 6.07 Å². The second kappa shape index (κ2) is 3.25. The Morgan fingerprint density at radius 3 is 3.17 bits per heavy atom. The van der Waals surface area contributed by atoms with Gasteiger partial charge in [-0.15, -0.1) is 0 Å². The number of rotatable bonds is 2. The van der Waals surface area contributed by atoms with Gasteiger partial charge in [0, 0.05) is 12.5 Å². The van der Waals surface area contributed by atoms with Crippen LogP contribution >= 0.6 is 0 Å². The minimum absolute atomic E-state index is 0.0488. The quantitative estimate of drug-likeness (QED) is 0.580. The summed E-state index contributed by atoms with van der Waals surface area (Å²) in [6.45, 7) is 2.13. The lowest BCUT2D eigenvalue weighted by Crippen LogP contribution is -2.08. The highest BCUT2D eigenvalue weighted by molar-refractivity contribution is 5.14. The summed E-state index contributed by atoms with van der Waals surface area (Å²) < 4.78 is 0. The summed E-state index contributed by atoms with van der Waals surface area (Å²) in [5, 5.41) is 19.0. The number of aliphatic hydroxyl groups excluding tert-OH is 1. The molecule has 3 N–H and O–H groups in total. The summed E-state index contributed by atoms with van der Waals surface area (Å²) >= 11 is 0. The molecule has 66 valence electrons. The number of H-pyrrole nitrogens is 1. The van der Waals surface area contributed by atoms with Crippen LogP contribution in [0.25, 0.3) is 0 Å². The fourth-order valence-corrected chi connectivity index (χ4v) is 1.58. The first-order chi connectivity index (χ1) is 5.90. The molecule has 1 atom stereocenters. The van der Waals surface area contributed by atoms with Crippen molar-refractivity contribution in [2.75, 3.05) is 13.1 Å². The van der Waals surface area contributed by atoms with Crippen LogP contribution in [-0.2, 0) is 6.61 Å². The maximum absolute atomic E-state index is 8.81. The van der Waals surface area contributed by atoms with Crippen molar-refractivity contribution in [1.29, 1.82) is 0 Å². The summed E-state index contributed by atoms with van der Waals surface area (Å²) in [6, 6.07) is 1.94. The maximum atomic E-state index is 8.81. The number of nitrogens with zero attached hydrogens (tertiary/aromatic N) is 1. The van der Waals surface area contributed by atoms with Crippen molar-refractivity contribution >= 4 is 0 Å². The predicted octanol–water partition coefficient (Wildman–Crippen LogP) is -0.0211. The van der Waals surface area contributed by atoms with E-state index in [1.54, 1.807) is 0 Å². The first kappa shape index (κ1) is 7.76. The lowest BCUT2D eigenvalue weighted by molar-refractivity contribution is 0.276. The van der Waals surface area contributed by atoms with Crippen LogP contribution in [0.5, 0.6) is 0 Å². The summed E-state index contributed by atoms with van der Waals surface area (Å²) in [5.74, 6) is 0.529. The fraction of sp³-hybridized carbons (Fsp3) is 0.625. The zero-order chi connectivity index (χ0) is 8.39. The van der Waals surface area contributed by atoms with Crippen LogP contribution in [0.1, 0.15) is 23.7 Å². The van der Waals surface area contributed by atoms with E-state index < -0.39 is 0 Å². The highest BCUT2D eigenvalue weighted by Crippen LogP contribution is 2.20. The van der Waals surface area contributed by atoms with Crippen molar-refractivity contribution in [3.05, 3.63) is 17.5 Å². The van der Waals surface area contributed by atoms with Crippen molar-refractivity contribution in [3.8, 4) is 0 Å². The van der Waals surface area contributed by atoms with Crippen molar-refractivity contribution < 1.29 is 5.11 Å². The molecular formula is C8H13N3O. The monoisotopic (exact) mass is 167 g/mol. The summed E-state index contributed by atoms with van der Waals surface area (Å²) in [5.41, 5.74) is 1.88. The molecule has 1 aliphatic heterocycles. The second-order valence-electron chi connectivity index (χ2n) is 3.17. The Bertz CT molecular complexity index is 253. The van der Waals surface area contributed by atoms with Gasteiger partial charge < -0.3 is 10.4 Å². The highest BCUT2D eigenvalue weighted by Gasteiger charge is 2.18. The molecule has 0 radical (unpaired) electrons. The van der Waals surface area contributed by atoms with Crippen LogP contribution in [0, 0.1) is 0 Å². The van der Waals surface area contributed by atoms with Crippen LogP contribution in [0.3, 0.4) is 0 Å². The predicted molar refractivity (Wildman–Crippen MR) is 44.7 cm³/mol. The molecule has 1 aromatic heterocycles. The third-order valence-corrected chi connectivity index (χ3v) is 2.30. The summed E-state index contributed by atoms with van der Waals surface area (Å²) in [4.78, 5) is 0. The molecule has 4 nitrogen and oxygen atoms in total. The lowest BCUT2D eigenvalue weighted by Gasteiger charge is -2.00. The van der Waals surface area contributed by atoms with Crippen molar-refractivity contribution in [2.24, 2.45) is 0 Å². The minimum atomic E-state index is 0.0488. The zero-order valence-electron chi connectivity index (χ0n) is 6.88. The average Bonchev–Trinajstić information content (AvgIpc) is 2.75. The van der Waals surface area contributed by atoms with Crippen molar-refractivity contribution in [3.63, 3.8) is 0 Å². The molecule has 4 heteroatoms. The van der Waals surface area contributed by atoms with Crippen LogP contribution in [0.2, 0.25) is 0 Å². The molecule has 1 fully saturated rings. The van der Waals surface area contributed by atoms with E-state index in [1.807, 2.05) is 6.07 Å². The van der Waals surface area contributed by atoms with Gasteiger partial charge in [-0.25, -0.2) is 0 Å². The first-order valence-corrected chi connectivity index (χ1v) is 4.26. The van der Waals surface area contributed by atoms with E-state index in [4.69, 9.17) is 5.11 Å². The van der Waals surface area contributed by atoms with Gasteiger partial charge in [-0.2, -0.15) is 5.10 Å². The average molecular weight is 167 g/mol. The standard InChI is InChI=1S/C8H13N3O/c12-5-7-3-8(11-10-7)6-1-2-9-4-6/h3,6,9,12H,1-2,4-5H2,(H,10,11). The third-order valence-electron chi connectivity index (χ3n) is 2.30. The summed E-state index contributed by atoms with van der Waals surface area (Å²) in [6.07, 6.45) is 1.15. The number of aromatic nitrogens is 2.